The molecule has 2 N–H and O–H groups in total. The Labute approximate surface area is 101 Å². The highest BCUT2D eigenvalue weighted by molar-refractivity contribution is 6.44. The van der Waals surface area contributed by atoms with Gasteiger partial charge in [-0.3, -0.25) is 4.74 Å². The Morgan fingerprint density at radius 1 is 1.19 bits per heavy atom. The molecule has 6 nitrogen and oxygen atoms in total. The van der Waals surface area contributed by atoms with Crippen molar-refractivity contribution in [2.45, 2.75) is 41.5 Å². The van der Waals surface area contributed by atoms with E-state index in [0.29, 0.717) is 0 Å². The van der Waals surface area contributed by atoms with E-state index >= 15 is 0 Å². The van der Waals surface area contributed by atoms with Crippen molar-refractivity contribution in [2.24, 2.45) is 0 Å². The van der Waals surface area contributed by atoms with Crippen LogP contribution in [0.1, 0.15) is 0 Å². The molecule has 4 aliphatic heterocycles. The van der Waals surface area contributed by atoms with E-state index in [-0.39, 0.29) is 6.61 Å². The molecule has 0 unspecified atom stereocenters. The van der Waals surface area contributed by atoms with E-state index < -0.39 is 41.5 Å². The molecule has 0 aromatic rings. The first kappa shape index (κ1) is 11.4. The number of aliphatic hydroxyl groups excluding tert-OH is 2. The van der Waals surface area contributed by atoms with Crippen molar-refractivity contribution in [3.63, 3.8) is 0 Å². The van der Waals surface area contributed by atoms with Crippen molar-refractivity contribution >= 4 is 23.2 Å². The summed E-state index contributed by atoms with van der Waals surface area (Å²) in [6.45, 7) is -0.351. The monoisotopic (exact) mass is 272 g/mol. The van der Waals surface area contributed by atoms with Crippen LogP contribution in [0.15, 0.2) is 0 Å². The summed E-state index contributed by atoms with van der Waals surface area (Å²) < 4.78 is 21.5. The van der Waals surface area contributed by atoms with Gasteiger partial charge in [-0.1, -0.05) is 23.2 Å². The first-order valence-corrected chi connectivity index (χ1v) is 5.70. The molecule has 4 saturated heterocycles. The maximum Gasteiger partial charge on any atom is 0.318 e. The minimum Gasteiger partial charge on any atom is -0.394 e. The molecular weight excluding hydrogens is 263 g/mol. The number of hydrogen-bond acceptors (Lipinski definition) is 6. The van der Waals surface area contributed by atoms with Crippen LogP contribution in [-0.2, 0) is 18.9 Å². The fourth-order valence-electron chi connectivity index (χ4n) is 2.20. The van der Waals surface area contributed by atoms with Crippen molar-refractivity contribution in [3.8, 4) is 0 Å². The van der Waals surface area contributed by atoms with Gasteiger partial charge in [-0.25, -0.2) is 0 Å². The van der Waals surface area contributed by atoms with E-state index in [1.807, 2.05) is 0 Å². The maximum absolute atomic E-state index is 9.88. The molecule has 0 aliphatic carbocycles. The number of halogens is 2. The zero-order valence-corrected chi connectivity index (χ0v) is 9.47. The summed E-state index contributed by atoms with van der Waals surface area (Å²) in [5.41, 5.74) is 0. The predicted molar refractivity (Wildman–Crippen MR) is 50.8 cm³/mol. The van der Waals surface area contributed by atoms with Gasteiger partial charge in [0.05, 0.1) is 6.61 Å². The minimum absolute atomic E-state index is 0.351. The van der Waals surface area contributed by atoms with Gasteiger partial charge < -0.3 is 24.4 Å². The van der Waals surface area contributed by atoms with Crippen molar-refractivity contribution in [1.29, 1.82) is 0 Å². The summed E-state index contributed by atoms with van der Waals surface area (Å²) in [5.74, 6) is -1.67. The molecule has 0 saturated carbocycles. The standard InChI is InChI=1S/C8H10Cl2O6/c9-7(10)8-14-2(1-11)4-3(12)5(15-8)6(13-4)16-8/h2-7,11-12H,1H2/t2-,3+,4-,5+,6+,8+/m1/s1. The normalized spacial score (nSPS) is 54.9. The Hall–Kier alpha value is 0.340. The van der Waals surface area contributed by atoms with Gasteiger partial charge in [0.1, 0.15) is 24.4 Å². The average Bonchev–Trinajstić information content (AvgIpc) is 2.60. The van der Waals surface area contributed by atoms with Crippen molar-refractivity contribution in [3.05, 3.63) is 0 Å². The summed E-state index contributed by atoms with van der Waals surface area (Å²) in [5, 5.41) is 19.0. The van der Waals surface area contributed by atoms with Gasteiger partial charge in [0.25, 0.3) is 0 Å². The van der Waals surface area contributed by atoms with Crippen LogP contribution in [0.4, 0.5) is 0 Å². The second-order valence-electron chi connectivity index (χ2n) is 3.90. The molecular formula is C8H10Cl2O6. The highest BCUT2D eigenvalue weighted by Gasteiger charge is 2.66. The topological polar surface area (TPSA) is 77.4 Å². The highest BCUT2D eigenvalue weighted by Crippen LogP contribution is 2.48. The van der Waals surface area contributed by atoms with Crippen molar-refractivity contribution < 1.29 is 29.2 Å². The number of alkyl halides is 2. The minimum atomic E-state index is -1.67. The number of ether oxygens (including phenoxy) is 4. The molecule has 4 heterocycles. The number of rotatable bonds is 2. The predicted octanol–water partition coefficient (Wildman–Crippen LogP) is -0.664. The zero-order valence-electron chi connectivity index (χ0n) is 7.95. The fraction of sp³-hybridized carbons (Fsp3) is 1.00. The molecule has 92 valence electrons. The van der Waals surface area contributed by atoms with Crippen molar-refractivity contribution in [2.75, 3.05) is 6.61 Å². The van der Waals surface area contributed by atoms with Gasteiger partial charge in [-0.2, -0.15) is 0 Å². The molecule has 8 heteroatoms. The quantitative estimate of drug-likeness (QED) is 0.650. The molecule has 16 heavy (non-hydrogen) atoms. The molecule has 4 bridgehead atoms. The van der Waals surface area contributed by atoms with Crippen molar-refractivity contribution in [1.82, 2.24) is 0 Å². The third-order valence-electron chi connectivity index (χ3n) is 2.94. The lowest BCUT2D eigenvalue weighted by atomic mass is 10.1. The average molecular weight is 273 g/mol. The lowest BCUT2D eigenvalue weighted by Crippen LogP contribution is -2.46. The SMILES string of the molecule is OC[C@H]1O[C@]2(C(Cl)Cl)O[C@@H]3O[C@H]1[C@H](O)[C@@H]3O2. The van der Waals surface area contributed by atoms with Crippen LogP contribution in [-0.4, -0.2) is 58.3 Å². The largest absolute Gasteiger partial charge is 0.394 e. The Morgan fingerprint density at radius 3 is 2.50 bits per heavy atom. The number of fused-ring (bicyclic) bond motifs is 1. The van der Waals surface area contributed by atoms with Crippen LogP contribution in [0, 0.1) is 0 Å². The lowest BCUT2D eigenvalue weighted by molar-refractivity contribution is -0.342. The van der Waals surface area contributed by atoms with Gasteiger partial charge in [0.2, 0.25) is 0 Å². The Balaban J connectivity index is 1.97. The van der Waals surface area contributed by atoms with Crippen LogP contribution < -0.4 is 0 Å². The molecule has 4 rings (SSSR count). The molecule has 0 aromatic heterocycles. The molecule has 0 radical (unpaired) electrons. The van der Waals surface area contributed by atoms with E-state index in [9.17, 15) is 10.2 Å². The highest BCUT2D eigenvalue weighted by atomic mass is 35.5. The summed E-state index contributed by atoms with van der Waals surface area (Å²) in [6, 6.07) is 0. The zero-order chi connectivity index (χ0) is 11.5. The van der Waals surface area contributed by atoms with E-state index in [0.717, 1.165) is 0 Å². The smallest absolute Gasteiger partial charge is 0.318 e. The molecule has 4 fully saturated rings. The third kappa shape index (κ3) is 1.36. The first-order chi connectivity index (χ1) is 7.57. The van der Waals surface area contributed by atoms with Crippen LogP contribution in [0.25, 0.3) is 0 Å². The van der Waals surface area contributed by atoms with Crippen LogP contribution in [0.5, 0.6) is 0 Å². The first-order valence-electron chi connectivity index (χ1n) is 4.83. The van der Waals surface area contributed by atoms with E-state index in [4.69, 9.17) is 42.1 Å². The Bertz CT molecular complexity index is 302. The second kappa shape index (κ2) is 3.66. The van der Waals surface area contributed by atoms with Crippen LogP contribution in [0.2, 0.25) is 0 Å². The number of aliphatic hydroxyl groups is 2. The summed E-state index contributed by atoms with van der Waals surface area (Å²) in [7, 11) is 0. The molecule has 0 amide bonds. The third-order valence-corrected chi connectivity index (χ3v) is 3.48. The van der Waals surface area contributed by atoms with Crippen LogP contribution in [0.3, 0.4) is 0 Å². The summed E-state index contributed by atoms with van der Waals surface area (Å²) >= 11 is 11.5. The van der Waals surface area contributed by atoms with E-state index in [1.54, 1.807) is 0 Å². The Morgan fingerprint density at radius 2 is 1.94 bits per heavy atom. The van der Waals surface area contributed by atoms with Gasteiger partial charge >= 0.3 is 5.97 Å². The van der Waals surface area contributed by atoms with Gasteiger partial charge in [-0.05, 0) is 0 Å². The lowest BCUT2D eigenvalue weighted by Gasteiger charge is -2.29. The number of hydrogen-bond donors (Lipinski definition) is 2. The second-order valence-corrected chi connectivity index (χ2v) is 5.00. The van der Waals surface area contributed by atoms with E-state index in [2.05, 4.69) is 0 Å². The Kier molecular flexibility index (Phi) is 2.62. The van der Waals surface area contributed by atoms with Crippen LogP contribution >= 0.6 is 23.2 Å². The van der Waals surface area contributed by atoms with Gasteiger partial charge in [0, 0.05) is 0 Å². The fourth-order valence-corrected chi connectivity index (χ4v) is 2.51. The van der Waals surface area contributed by atoms with Gasteiger partial charge in [-0.15, -0.1) is 0 Å². The summed E-state index contributed by atoms with van der Waals surface area (Å²) in [6.07, 6.45) is -3.87. The molecule has 0 aromatic carbocycles. The molecule has 0 spiro atoms. The van der Waals surface area contributed by atoms with E-state index in [1.165, 1.54) is 0 Å². The molecule has 6 atom stereocenters. The summed E-state index contributed by atoms with van der Waals surface area (Å²) in [4.78, 5) is -1.11. The maximum atomic E-state index is 9.88. The molecule has 4 aliphatic rings. The van der Waals surface area contributed by atoms with Gasteiger partial charge in [0.15, 0.2) is 11.1 Å².